The van der Waals surface area contributed by atoms with Crippen LogP contribution in [0.2, 0.25) is 0 Å². The zero-order valence-electron chi connectivity index (χ0n) is 15.7. The fourth-order valence-electron chi connectivity index (χ4n) is 3.21. The van der Waals surface area contributed by atoms with Gasteiger partial charge in [-0.1, -0.05) is 50.6 Å². The zero-order valence-corrected chi connectivity index (χ0v) is 16.5. The van der Waals surface area contributed by atoms with Crippen LogP contribution in [0.3, 0.4) is 0 Å². The molecule has 0 aliphatic carbocycles. The Labute approximate surface area is 160 Å². The number of ether oxygens (including phenoxy) is 2. The van der Waals surface area contributed by atoms with E-state index in [-0.39, 0.29) is 18.0 Å². The van der Waals surface area contributed by atoms with Crippen LogP contribution >= 0.6 is 11.8 Å². The zero-order chi connectivity index (χ0) is 18.5. The summed E-state index contributed by atoms with van der Waals surface area (Å²) in [7, 11) is 1.69. The lowest BCUT2D eigenvalue weighted by Gasteiger charge is -2.24. The van der Waals surface area contributed by atoms with Gasteiger partial charge in [-0.2, -0.15) is 0 Å². The van der Waals surface area contributed by atoms with Gasteiger partial charge in [-0.3, -0.25) is 4.79 Å². The molecule has 0 bridgehead atoms. The highest BCUT2D eigenvalue weighted by Crippen LogP contribution is 2.36. The molecular formula is C22H26O3S. The van der Waals surface area contributed by atoms with Crippen molar-refractivity contribution in [2.24, 2.45) is 0 Å². The Balaban J connectivity index is 1.84. The molecule has 2 aromatic carbocycles. The molecule has 3 rings (SSSR count). The molecule has 0 saturated heterocycles. The van der Waals surface area contributed by atoms with Crippen molar-refractivity contribution in [2.75, 3.05) is 13.7 Å². The van der Waals surface area contributed by atoms with Gasteiger partial charge >= 0.3 is 0 Å². The maximum Gasteiger partial charge on any atom is 0.194 e. The van der Waals surface area contributed by atoms with Gasteiger partial charge in [-0.25, -0.2) is 0 Å². The molecule has 4 heteroatoms. The van der Waals surface area contributed by atoms with Crippen molar-refractivity contribution in [3.63, 3.8) is 0 Å². The number of ketones is 1. The number of methoxy groups -OCH3 is 1. The van der Waals surface area contributed by atoms with E-state index in [9.17, 15) is 4.79 Å². The van der Waals surface area contributed by atoms with Crippen molar-refractivity contribution in [1.29, 1.82) is 0 Å². The van der Waals surface area contributed by atoms with Gasteiger partial charge in [0.25, 0.3) is 0 Å². The molecule has 0 aromatic heterocycles. The van der Waals surface area contributed by atoms with E-state index in [2.05, 4.69) is 19.9 Å². The Morgan fingerprint density at radius 3 is 2.73 bits per heavy atom. The molecule has 0 N–H and O–H groups in total. The highest BCUT2D eigenvalue weighted by atomic mass is 32.2. The van der Waals surface area contributed by atoms with Crippen molar-refractivity contribution >= 4 is 17.5 Å². The fourth-order valence-corrected chi connectivity index (χ4v) is 4.31. The van der Waals surface area contributed by atoms with Crippen LogP contribution in [0.4, 0.5) is 0 Å². The number of carbonyl (C=O) groups is 1. The lowest BCUT2D eigenvalue weighted by molar-refractivity contribution is -0.136. The summed E-state index contributed by atoms with van der Waals surface area (Å²) in [6.45, 7) is 4.96. The number of thioether (sulfide) groups is 1. The van der Waals surface area contributed by atoms with Crippen molar-refractivity contribution in [3.8, 4) is 0 Å². The number of rotatable bonds is 7. The van der Waals surface area contributed by atoms with Gasteiger partial charge in [0, 0.05) is 41.4 Å². The molecular weight excluding hydrogens is 344 g/mol. The number of hydrogen-bond acceptors (Lipinski definition) is 4. The summed E-state index contributed by atoms with van der Waals surface area (Å²) in [5.74, 6) is 1.03. The summed E-state index contributed by atoms with van der Waals surface area (Å²) in [5.41, 5.74) is 3.85. The summed E-state index contributed by atoms with van der Waals surface area (Å²) in [4.78, 5) is 14.0. The molecule has 2 atom stereocenters. The van der Waals surface area contributed by atoms with Crippen LogP contribution in [0, 0.1) is 0 Å². The van der Waals surface area contributed by atoms with Crippen LogP contribution in [0.15, 0.2) is 47.4 Å². The quantitative estimate of drug-likeness (QED) is 0.482. The van der Waals surface area contributed by atoms with Crippen LogP contribution in [-0.4, -0.2) is 25.8 Å². The Hall–Kier alpha value is -1.62. The van der Waals surface area contributed by atoms with E-state index in [4.69, 9.17) is 9.47 Å². The lowest BCUT2D eigenvalue weighted by Crippen LogP contribution is -2.23. The van der Waals surface area contributed by atoms with Gasteiger partial charge < -0.3 is 9.47 Å². The van der Waals surface area contributed by atoms with E-state index in [1.807, 2.05) is 36.4 Å². The van der Waals surface area contributed by atoms with Gasteiger partial charge in [0.05, 0.1) is 0 Å². The summed E-state index contributed by atoms with van der Waals surface area (Å²) in [6.07, 6.45) is 1.85. The van der Waals surface area contributed by atoms with Crippen molar-refractivity contribution in [3.05, 3.63) is 64.7 Å². The molecule has 138 valence electrons. The highest BCUT2D eigenvalue weighted by molar-refractivity contribution is 7.98. The number of fused-ring (bicyclic) bond motifs is 2. The maximum absolute atomic E-state index is 12.9. The molecule has 0 fully saturated rings. The third kappa shape index (κ3) is 4.03. The molecule has 2 unspecified atom stereocenters. The van der Waals surface area contributed by atoms with Crippen LogP contribution in [0.25, 0.3) is 0 Å². The highest BCUT2D eigenvalue weighted by Gasteiger charge is 2.24. The second-order valence-electron chi connectivity index (χ2n) is 6.65. The summed E-state index contributed by atoms with van der Waals surface area (Å²) in [6, 6.07) is 14.0. The number of unbranched alkanes of at least 4 members (excludes halogenated alkanes) is 1. The Morgan fingerprint density at radius 1 is 1.15 bits per heavy atom. The van der Waals surface area contributed by atoms with Gasteiger partial charge in [-0.05, 0) is 29.7 Å². The lowest BCUT2D eigenvalue weighted by atomic mass is 9.95. The average Bonchev–Trinajstić information content (AvgIpc) is 2.82. The third-order valence-electron chi connectivity index (χ3n) is 4.84. The summed E-state index contributed by atoms with van der Waals surface area (Å²) >= 11 is 1.73. The first-order valence-corrected chi connectivity index (χ1v) is 10.2. The predicted octanol–water partition coefficient (Wildman–Crippen LogP) is 5.42. The first kappa shape index (κ1) is 19.2. The number of carbonyl (C=O) groups excluding carboxylic acids is 1. The largest absolute Gasteiger partial charge is 0.355 e. The van der Waals surface area contributed by atoms with Crippen LogP contribution in [0.1, 0.15) is 59.7 Å². The minimum atomic E-state index is -0.275. The normalized spacial score (nSPS) is 15.7. The minimum absolute atomic E-state index is 0.100. The molecule has 0 spiro atoms. The molecule has 0 amide bonds. The minimum Gasteiger partial charge on any atom is -0.355 e. The molecule has 1 heterocycles. The van der Waals surface area contributed by atoms with Crippen molar-refractivity contribution < 1.29 is 14.3 Å². The van der Waals surface area contributed by atoms with Gasteiger partial charge in [0.15, 0.2) is 12.1 Å². The number of benzene rings is 2. The van der Waals surface area contributed by atoms with E-state index in [1.165, 1.54) is 0 Å². The molecule has 3 nitrogen and oxygen atoms in total. The summed E-state index contributed by atoms with van der Waals surface area (Å²) in [5, 5.41) is 0. The SMILES string of the molecule is CCCCOC(OC)C(C)c1ccc2c(c1)SCc1ccccc1C2=O. The number of hydrogen-bond donors (Lipinski definition) is 0. The van der Waals surface area contributed by atoms with E-state index in [0.29, 0.717) is 6.61 Å². The molecule has 0 radical (unpaired) electrons. The monoisotopic (exact) mass is 370 g/mol. The fraction of sp³-hybridized carbons (Fsp3) is 0.409. The van der Waals surface area contributed by atoms with Gasteiger partial charge in [0.1, 0.15) is 0 Å². The van der Waals surface area contributed by atoms with Crippen molar-refractivity contribution in [2.45, 2.75) is 49.5 Å². The second-order valence-corrected chi connectivity index (χ2v) is 7.66. The molecule has 1 aliphatic heterocycles. The van der Waals surface area contributed by atoms with E-state index in [1.54, 1.807) is 18.9 Å². The Kier molecular flexibility index (Phi) is 6.52. The topological polar surface area (TPSA) is 35.5 Å². The van der Waals surface area contributed by atoms with E-state index < -0.39 is 0 Å². The van der Waals surface area contributed by atoms with Crippen LogP contribution < -0.4 is 0 Å². The molecule has 1 aliphatic rings. The van der Waals surface area contributed by atoms with Crippen molar-refractivity contribution in [1.82, 2.24) is 0 Å². The first-order valence-electron chi connectivity index (χ1n) is 9.19. The maximum atomic E-state index is 12.9. The van der Waals surface area contributed by atoms with Gasteiger partial charge in [0.2, 0.25) is 0 Å². The summed E-state index contributed by atoms with van der Waals surface area (Å²) < 4.78 is 11.5. The average molecular weight is 371 g/mol. The molecule has 0 saturated carbocycles. The Morgan fingerprint density at radius 2 is 1.96 bits per heavy atom. The standard InChI is InChI=1S/C22H26O3S/c1-4-5-12-25-22(24-3)15(2)16-10-11-19-20(13-16)26-14-17-8-6-7-9-18(17)21(19)23/h6-11,13,15,22H,4-5,12,14H2,1-3H3. The molecule has 26 heavy (non-hydrogen) atoms. The van der Waals surface area contributed by atoms with E-state index >= 15 is 0 Å². The predicted molar refractivity (Wildman–Crippen MR) is 106 cm³/mol. The smallest absolute Gasteiger partial charge is 0.194 e. The Bertz CT molecular complexity index is 772. The first-order chi connectivity index (χ1) is 12.7. The molecule has 2 aromatic rings. The van der Waals surface area contributed by atoms with Crippen LogP contribution in [0.5, 0.6) is 0 Å². The van der Waals surface area contributed by atoms with Crippen LogP contribution in [-0.2, 0) is 15.2 Å². The second kappa shape index (κ2) is 8.85. The third-order valence-corrected chi connectivity index (χ3v) is 5.95. The van der Waals surface area contributed by atoms with E-state index in [0.717, 1.165) is 45.7 Å². The van der Waals surface area contributed by atoms with Gasteiger partial charge in [-0.15, -0.1) is 11.8 Å².